The number of ether oxygens (including phenoxy) is 1. The Morgan fingerprint density at radius 2 is 1.95 bits per heavy atom. The molecule has 2 aromatic carbocycles. The van der Waals surface area contributed by atoms with Gasteiger partial charge in [0, 0.05) is 43.7 Å². The highest BCUT2D eigenvalue weighted by Crippen LogP contribution is 2.29. The molecule has 1 aromatic heterocycles. The predicted molar refractivity (Wildman–Crippen MR) is 153 cm³/mol. The fourth-order valence-electron chi connectivity index (χ4n) is 5.56. The van der Waals surface area contributed by atoms with Gasteiger partial charge in [-0.3, -0.25) is 19.1 Å². The lowest BCUT2D eigenvalue weighted by Crippen LogP contribution is -2.39. The van der Waals surface area contributed by atoms with Crippen LogP contribution in [0.3, 0.4) is 0 Å². The molecule has 5 rings (SSSR count). The van der Waals surface area contributed by atoms with Gasteiger partial charge in [0.15, 0.2) is 5.82 Å². The zero-order valence-corrected chi connectivity index (χ0v) is 23.1. The number of methoxy groups -OCH3 is 1. The van der Waals surface area contributed by atoms with Gasteiger partial charge in [-0.25, -0.2) is 4.98 Å². The first-order chi connectivity index (χ1) is 18.9. The molecule has 0 spiro atoms. The number of nitrogens with zero attached hydrogens (tertiary/aromatic N) is 3. The number of nitrogens with one attached hydrogen (secondary N) is 2. The molecule has 1 saturated heterocycles. The number of aryl methyl sites for hydroxylation is 1. The minimum Gasteiger partial charge on any atom is -0.383 e. The van der Waals surface area contributed by atoms with E-state index in [4.69, 9.17) is 4.74 Å². The number of likely N-dealkylation sites (tertiary alicyclic amines) is 1. The van der Waals surface area contributed by atoms with E-state index >= 15 is 0 Å². The molecule has 1 aliphatic carbocycles. The van der Waals surface area contributed by atoms with Crippen LogP contribution in [0.15, 0.2) is 65.7 Å². The molecule has 3 atom stereocenters. The predicted octanol–water partition coefficient (Wildman–Crippen LogP) is 4.33. The normalized spacial score (nSPS) is 19.0. The Morgan fingerprint density at radius 3 is 2.69 bits per heavy atom. The summed E-state index contributed by atoms with van der Waals surface area (Å²) in [5, 5.41) is 6.53. The van der Waals surface area contributed by atoms with Crippen LogP contribution in [0.5, 0.6) is 0 Å². The number of aromatic nitrogens is 2. The number of rotatable bonds is 11. The summed E-state index contributed by atoms with van der Waals surface area (Å²) in [7, 11) is 1.76. The largest absolute Gasteiger partial charge is 0.383 e. The van der Waals surface area contributed by atoms with Gasteiger partial charge in [-0.1, -0.05) is 43.3 Å². The van der Waals surface area contributed by atoms with Crippen molar-refractivity contribution >= 4 is 11.7 Å². The van der Waals surface area contributed by atoms with Crippen LogP contribution in [0.4, 0.5) is 5.82 Å². The van der Waals surface area contributed by atoms with Crippen molar-refractivity contribution in [1.82, 2.24) is 19.8 Å². The average Bonchev–Trinajstić information content (AvgIpc) is 3.66. The summed E-state index contributed by atoms with van der Waals surface area (Å²) < 4.78 is 7.05. The summed E-state index contributed by atoms with van der Waals surface area (Å²) in [6.45, 7) is 6.84. The Hall–Kier alpha value is -3.49. The molecule has 39 heavy (non-hydrogen) atoms. The molecule has 8 nitrogen and oxygen atoms in total. The highest BCUT2D eigenvalue weighted by molar-refractivity contribution is 5.95. The first-order valence-electron chi connectivity index (χ1n) is 14.0. The smallest absolute Gasteiger partial charge is 0.297 e. The molecule has 2 aliphatic rings. The summed E-state index contributed by atoms with van der Waals surface area (Å²) in [4.78, 5) is 33.4. The van der Waals surface area contributed by atoms with Gasteiger partial charge < -0.3 is 15.4 Å². The van der Waals surface area contributed by atoms with E-state index in [2.05, 4.69) is 39.6 Å². The van der Waals surface area contributed by atoms with Crippen LogP contribution in [0.1, 0.15) is 60.1 Å². The lowest BCUT2D eigenvalue weighted by molar-refractivity contribution is 0.0951. The summed E-state index contributed by atoms with van der Waals surface area (Å²) in [5.74, 6) is 0.391. The molecule has 2 heterocycles. The lowest BCUT2D eigenvalue weighted by atomic mass is 9.93. The maximum Gasteiger partial charge on any atom is 0.297 e. The second-order valence-electron chi connectivity index (χ2n) is 11.0. The maximum absolute atomic E-state index is 13.8. The fourth-order valence-corrected chi connectivity index (χ4v) is 5.56. The minimum atomic E-state index is -0.244. The van der Waals surface area contributed by atoms with Crippen LogP contribution < -0.4 is 16.2 Å². The number of benzene rings is 2. The molecule has 2 fully saturated rings. The Kier molecular flexibility index (Phi) is 8.43. The molecular weight excluding hydrogens is 490 g/mol. The molecule has 3 aromatic rings. The minimum absolute atomic E-state index is 0.106. The van der Waals surface area contributed by atoms with Crippen molar-refractivity contribution in [2.45, 2.75) is 57.7 Å². The van der Waals surface area contributed by atoms with E-state index in [1.54, 1.807) is 30.1 Å². The van der Waals surface area contributed by atoms with Crippen molar-refractivity contribution in [3.63, 3.8) is 0 Å². The van der Waals surface area contributed by atoms with Gasteiger partial charge in [-0.2, -0.15) is 0 Å². The maximum atomic E-state index is 13.8. The molecule has 0 radical (unpaired) electrons. The molecule has 8 heteroatoms. The van der Waals surface area contributed by atoms with Gasteiger partial charge in [0.05, 0.1) is 18.3 Å². The molecule has 1 aliphatic heterocycles. The number of amides is 1. The highest BCUT2D eigenvalue weighted by Gasteiger charge is 2.30. The summed E-state index contributed by atoms with van der Waals surface area (Å²) in [6.07, 6.45) is 7.67. The third-order valence-corrected chi connectivity index (χ3v) is 7.88. The molecular formula is C31H39N5O3. The SMILES string of the molecule is COC[C@@H]1CCCN1C[C@@H](C)[C@@H](Nc1nccn(-c2cc(C(=O)NC3CC3)ccc2C)c1=O)c1ccccc1. The quantitative estimate of drug-likeness (QED) is 0.384. The van der Waals surface area contributed by atoms with Gasteiger partial charge in [0.2, 0.25) is 0 Å². The monoisotopic (exact) mass is 529 g/mol. The molecule has 1 amide bonds. The van der Waals surface area contributed by atoms with Gasteiger partial charge in [0.1, 0.15) is 0 Å². The van der Waals surface area contributed by atoms with Crippen LogP contribution in [-0.4, -0.2) is 59.2 Å². The van der Waals surface area contributed by atoms with Crippen molar-refractivity contribution in [3.05, 3.63) is 88.0 Å². The van der Waals surface area contributed by atoms with E-state index in [9.17, 15) is 9.59 Å². The van der Waals surface area contributed by atoms with E-state index in [1.165, 1.54) is 6.42 Å². The average molecular weight is 530 g/mol. The standard InChI is InChI=1S/C31H39N5O3/c1-21-11-12-24(30(37)33-25-13-14-25)18-27(21)36-17-15-32-29(31(36)38)34-28(23-8-5-4-6-9-23)22(2)19-35-16-7-10-26(35)20-39-3/h4-6,8-9,11-12,15,17-18,22,25-26,28H,7,10,13-14,16,19-20H2,1-3H3,(H,32,34)(H,33,37)/t22-,26+,28-/m1/s1. The number of hydrogen-bond acceptors (Lipinski definition) is 6. The Morgan fingerprint density at radius 1 is 1.15 bits per heavy atom. The summed E-state index contributed by atoms with van der Waals surface area (Å²) in [5.41, 5.74) is 3.00. The van der Waals surface area contributed by atoms with Crippen LogP contribution in [-0.2, 0) is 4.74 Å². The van der Waals surface area contributed by atoms with Crippen LogP contribution in [0.25, 0.3) is 5.69 Å². The molecule has 2 N–H and O–H groups in total. The van der Waals surface area contributed by atoms with Crippen LogP contribution >= 0.6 is 0 Å². The lowest BCUT2D eigenvalue weighted by Gasteiger charge is -2.32. The first kappa shape index (κ1) is 27.1. The van der Waals surface area contributed by atoms with Crippen molar-refractivity contribution in [2.75, 3.05) is 32.1 Å². The second kappa shape index (κ2) is 12.1. The Labute approximate surface area is 230 Å². The van der Waals surface area contributed by atoms with E-state index in [0.717, 1.165) is 50.1 Å². The number of hydrogen-bond donors (Lipinski definition) is 2. The topological polar surface area (TPSA) is 88.5 Å². The second-order valence-corrected chi connectivity index (χ2v) is 11.0. The zero-order chi connectivity index (χ0) is 27.4. The fraction of sp³-hybridized carbons (Fsp3) is 0.452. The summed E-state index contributed by atoms with van der Waals surface area (Å²) in [6, 6.07) is 16.3. The molecule has 0 bridgehead atoms. The summed E-state index contributed by atoms with van der Waals surface area (Å²) >= 11 is 0. The van der Waals surface area contributed by atoms with Crippen molar-refractivity contribution < 1.29 is 9.53 Å². The molecule has 1 saturated carbocycles. The van der Waals surface area contributed by atoms with Crippen molar-refractivity contribution in [3.8, 4) is 5.69 Å². The van der Waals surface area contributed by atoms with Crippen LogP contribution in [0, 0.1) is 12.8 Å². The van der Waals surface area contributed by atoms with Gasteiger partial charge in [-0.05, 0) is 68.3 Å². The Balaban J connectivity index is 1.42. The zero-order valence-electron chi connectivity index (χ0n) is 23.1. The van der Waals surface area contributed by atoms with Crippen molar-refractivity contribution in [2.24, 2.45) is 5.92 Å². The highest BCUT2D eigenvalue weighted by atomic mass is 16.5. The molecule has 0 unspecified atom stereocenters. The van der Waals surface area contributed by atoms with Gasteiger partial charge in [-0.15, -0.1) is 0 Å². The molecule has 206 valence electrons. The first-order valence-corrected chi connectivity index (χ1v) is 14.0. The van der Waals surface area contributed by atoms with Gasteiger partial charge in [0.25, 0.3) is 11.5 Å². The van der Waals surface area contributed by atoms with Crippen LogP contribution in [0.2, 0.25) is 0 Å². The van der Waals surface area contributed by atoms with Crippen molar-refractivity contribution in [1.29, 1.82) is 0 Å². The number of carbonyl (C=O) groups is 1. The third-order valence-electron chi connectivity index (χ3n) is 7.88. The van der Waals surface area contributed by atoms with E-state index in [0.29, 0.717) is 23.1 Å². The third kappa shape index (κ3) is 6.40. The van der Waals surface area contributed by atoms with E-state index in [1.807, 2.05) is 37.3 Å². The van der Waals surface area contributed by atoms with E-state index < -0.39 is 0 Å². The van der Waals surface area contributed by atoms with Gasteiger partial charge >= 0.3 is 0 Å². The number of carbonyl (C=O) groups excluding carboxylic acids is 1. The van der Waals surface area contributed by atoms with E-state index in [-0.39, 0.29) is 29.5 Å². The number of anilines is 1. The Bertz CT molecular complexity index is 1340.